The summed E-state index contributed by atoms with van der Waals surface area (Å²) in [5.41, 5.74) is 0.621. The number of rotatable bonds is 5. The van der Waals surface area contributed by atoms with Crippen LogP contribution in [0.15, 0.2) is 42.6 Å². The van der Waals surface area contributed by atoms with E-state index in [0.29, 0.717) is 23.8 Å². The number of aliphatic hydroxyl groups excluding tert-OH is 1. The number of ether oxygens (including phenoxy) is 2. The van der Waals surface area contributed by atoms with Crippen LogP contribution in [0.3, 0.4) is 0 Å². The molecule has 1 N–H and O–H groups in total. The summed E-state index contributed by atoms with van der Waals surface area (Å²) in [5.74, 6) is 2.09. The molecule has 0 aliphatic heterocycles. The number of pyridine rings is 1. The van der Waals surface area contributed by atoms with Crippen LogP contribution in [0.4, 0.5) is 0 Å². The van der Waals surface area contributed by atoms with E-state index < -0.39 is 6.10 Å². The molecule has 0 fully saturated rings. The number of nitrogens with zero attached hydrogens (tertiary/aromatic N) is 1. The minimum atomic E-state index is -0.574. The molecule has 2 rings (SSSR count). The minimum Gasteiger partial charge on any atom is -0.494 e. The van der Waals surface area contributed by atoms with Crippen molar-refractivity contribution in [3.63, 3.8) is 0 Å². The van der Waals surface area contributed by atoms with Crippen molar-refractivity contribution in [1.29, 1.82) is 0 Å². The summed E-state index contributed by atoms with van der Waals surface area (Å²) in [6, 6.07) is 11.0. The highest BCUT2D eigenvalue weighted by atomic mass is 16.5. The summed E-state index contributed by atoms with van der Waals surface area (Å²) in [6.45, 7) is 4.23. The predicted molar refractivity (Wildman–Crippen MR) is 72.6 cm³/mol. The fourth-order valence-corrected chi connectivity index (χ4v) is 1.63. The molecule has 0 saturated heterocycles. The third-order valence-corrected chi connectivity index (χ3v) is 2.54. The molecule has 0 saturated carbocycles. The second-order valence-corrected chi connectivity index (χ2v) is 4.10. The van der Waals surface area contributed by atoms with Crippen molar-refractivity contribution >= 4 is 0 Å². The molecule has 4 heteroatoms. The summed E-state index contributed by atoms with van der Waals surface area (Å²) >= 11 is 0. The van der Waals surface area contributed by atoms with Gasteiger partial charge in [-0.15, -0.1) is 0 Å². The molecule has 1 atom stereocenters. The van der Waals surface area contributed by atoms with Gasteiger partial charge in [0.15, 0.2) is 0 Å². The molecule has 1 aromatic heterocycles. The van der Waals surface area contributed by atoms with Crippen molar-refractivity contribution in [1.82, 2.24) is 4.98 Å². The maximum atomic E-state index is 9.38. The van der Waals surface area contributed by atoms with Gasteiger partial charge in [0.05, 0.1) is 24.6 Å². The molecule has 0 spiro atoms. The van der Waals surface area contributed by atoms with E-state index in [4.69, 9.17) is 9.47 Å². The van der Waals surface area contributed by atoms with Gasteiger partial charge in [0.25, 0.3) is 0 Å². The van der Waals surface area contributed by atoms with Crippen molar-refractivity contribution in [2.45, 2.75) is 20.0 Å². The maximum Gasteiger partial charge on any atom is 0.145 e. The molecule has 1 unspecified atom stereocenters. The lowest BCUT2D eigenvalue weighted by molar-refractivity contribution is 0.194. The Morgan fingerprint density at radius 2 is 1.95 bits per heavy atom. The average molecular weight is 259 g/mol. The Morgan fingerprint density at radius 3 is 2.58 bits per heavy atom. The van der Waals surface area contributed by atoms with Gasteiger partial charge in [-0.25, -0.2) is 0 Å². The van der Waals surface area contributed by atoms with Gasteiger partial charge in [-0.3, -0.25) is 4.98 Å². The minimum absolute atomic E-state index is 0.574. The molecule has 0 aliphatic rings. The normalized spacial score (nSPS) is 11.9. The molecule has 1 heterocycles. The van der Waals surface area contributed by atoms with Crippen molar-refractivity contribution in [2.75, 3.05) is 6.61 Å². The van der Waals surface area contributed by atoms with E-state index in [1.165, 1.54) is 0 Å². The summed E-state index contributed by atoms with van der Waals surface area (Å²) in [7, 11) is 0. The Bertz CT molecular complexity index is 523. The van der Waals surface area contributed by atoms with Crippen LogP contribution in [0.25, 0.3) is 0 Å². The lowest BCUT2D eigenvalue weighted by Gasteiger charge is -2.09. The van der Waals surface area contributed by atoms with Crippen molar-refractivity contribution < 1.29 is 14.6 Å². The van der Waals surface area contributed by atoms with E-state index in [9.17, 15) is 5.11 Å². The van der Waals surface area contributed by atoms with Crippen LogP contribution >= 0.6 is 0 Å². The summed E-state index contributed by atoms with van der Waals surface area (Å²) < 4.78 is 11.1. The number of hydrogen-bond acceptors (Lipinski definition) is 4. The lowest BCUT2D eigenvalue weighted by atomic mass is 10.2. The molecule has 19 heavy (non-hydrogen) atoms. The Morgan fingerprint density at radius 1 is 1.16 bits per heavy atom. The number of hydrogen-bond donors (Lipinski definition) is 1. The molecule has 100 valence electrons. The van der Waals surface area contributed by atoms with Gasteiger partial charge in [0.1, 0.15) is 17.2 Å². The first kappa shape index (κ1) is 13.4. The van der Waals surface area contributed by atoms with E-state index in [1.54, 1.807) is 25.3 Å². The third-order valence-electron chi connectivity index (χ3n) is 2.54. The smallest absolute Gasteiger partial charge is 0.145 e. The topological polar surface area (TPSA) is 51.6 Å². The van der Waals surface area contributed by atoms with Gasteiger partial charge in [-0.2, -0.15) is 0 Å². The van der Waals surface area contributed by atoms with E-state index in [0.717, 1.165) is 5.75 Å². The van der Waals surface area contributed by atoms with Crippen LogP contribution in [0.2, 0.25) is 0 Å². The zero-order valence-electron chi connectivity index (χ0n) is 11.0. The van der Waals surface area contributed by atoms with Crippen molar-refractivity contribution in [3.8, 4) is 17.2 Å². The first-order valence-corrected chi connectivity index (χ1v) is 6.23. The fourth-order valence-electron chi connectivity index (χ4n) is 1.63. The summed E-state index contributed by atoms with van der Waals surface area (Å²) in [5, 5.41) is 9.38. The molecular weight excluding hydrogens is 242 g/mol. The summed E-state index contributed by atoms with van der Waals surface area (Å²) in [6.07, 6.45) is 1.02. The Hall–Kier alpha value is -2.07. The first-order valence-electron chi connectivity index (χ1n) is 6.23. The molecule has 4 nitrogen and oxygen atoms in total. The molecule has 0 radical (unpaired) electrons. The Balaban J connectivity index is 2.10. The van der Waals surface area contributed by atoms with Crippen LogP contribution in [0.1, 0.15) is 25.6 Å². The van der Waals surface area contributed by atoms with Gasteiger partial charge in [-0.05, 0) is 38.1 Å². The van der Waals surface area contributed by atoms with E-state index in [-0.39, 0.29) is 0 Å². The fraction of sp³-hybridized carbons (Fsp3) is 0.267. The zero-order valence-corrected chi connectivity index (χ0v) is 11.0. The molecule has 2 aromatic rings. The van der Waals surface area contributed by atoms with Crippen LogP contribution in [-0.4, -0.2) is 16.7 Å². The molecule has 0 aliphatic carbocycles. The highest BCUT2D eigenvalue weighted by Crippen LogP contribution is 2.25. The highest BCUT2D eigenvalue weighted by molar-refractivity contribution is 5.36. The average Bonchev–Trinajstić information content (AvgIpc) is 2.40. The SMILES string of the molecule is CCOc1cccc(Oc2ccc(C(C)O)nc2)c1. The first-order chi connectivity index (χ1) is 9.19. The largest absolute Gasteiger partial charge is 0.494 e. The monoisotopic (exact) mass is 259 g/mol. The molecule has 1 aromatic carbocycles. The van der Waals surface area contributed by atoms with Crippen LogP contribution < -0.4 is 9.47 Å². The second kappa shape index (κ2) is 6.20. The highest BCUT2D eigenvalue weighted by Gasteiger charge is 2.04. The quantitative estimate of drug-likeness (QED) is 0.894. The van der Waals surface area contributed by atoms with Gasteiger partial charge in [0, 0.05) is 6.07 Å². The van der Waals surface area contributed by atoms with Crippen LogP contribution in [0, 0.1) is 0 Å². The van der Waals surface area contributed by atoms with Gasteiger partial charge in [0.2, 0.25) is 0 Å². The third kappa shape index (κ3) is 3.69. The molecule has 0 bridgehead atoms. The second-order valence-electron chi connectivity index (χ2n) is 4.10. The number of aliphatic hydroxyl groups is 1. The van der Waals surface area contributed by atoms with Crippen LogP contribution in [-0.2, 0) is 0 Å². The summed E-state index contributed by atoms with van der Waals surface area (Å²) in [4.78, 5) is 4.13. The van der Waals surface area contributed by atoms with Gasteiger partial charge < -0.3 is 14.6 Å². The van der Waals surface area contributed by atoms with Gasteiger partial charge >= 0.3 is 0 Å². The Labute approximate surface area is 112 Å². The predicted octanol–water partition coefficient (Wildman–Crippen LogP) is 3.33. The maximum absolute atomic E-state index is 9.38. The Kier molecular flexibility index (Phi) is 4.36. The number of aromatic nitrogens is 1. The number of benzene rings is 1. The van der Waals surface area contributed by atoms with E-state index >= 15 is 0 Å². The van der Waals surface area contributed by atoms with Crippen LogP contribution in [0.5, 0.6) is 17.2 Å². The van der Waals surface area contributed by atoms with E-state index in [1.807, 2.05) is 31.2 Å². The van der Waals surface area contributed by atoms with Gasteiger partial charge in [-0.1, -0.05) is 6.07 Å². The van der Waals surface area contributed by atoms with Crippen molar-refractivity contribution in [2.24, 2.45) is 0 Å². The molecular formula is C15H17NO3. The van der Waals surface area contributed by atoms with E-state index in [2.05, 4.69) is 4.98 Å². The lowest BCUT2D eigenvalue weighted by Crippen LogP contribution is -1.95. The zero-order chi connectivity index (χ0) is 13.7. The van der Waals surface area contributed by atoms with Crippen molar-refractivity contribution in [3.05, 3.63) is 48.3 Å². The molecule has 0 amide bonds. The standard InChI is InChI=1S/C15H17NO3/c1-3-18-12-5-4-6-13(9-12)19-14-7-8-15(11(2)17)16-10-14/h4-11,17H,3H2,1-2H3.